The van der Waals surface area contributed by atoms with Crippen molar-refractivity contribution in [2.75, 3.05) is 19.0 Å². The molecule has 0 aliphatic heterocycles. The topological polar surface area (TPSA) is 134 Å². The minimum Gasteiger partial charge on any atom is -0.490 e. The van der Waals surface area contributed by atoms with Crippen molar-refractivity contribution < 1.29 is 33.5 Å². The van der Waals surface area contributed by atoms with E-state index in [1.807, 2.05) is 0 Å². The van der Waals surface area contributed by atoms with E-state index in [1.165, 1.54) is 30.6 Å². The van der Waals surface area contributed by atoms with Gasteiger partial charge in [-0.25, -0.2) is 9.59 Å². The van der Waals surface area contributed by atoms with Crippen LogP contribution in [0.4, 0.5) is 10.7 Å². The minimum absolute atomic E-state index is 0.0172. The zero-order valence-corrected chi connectivity index (χ0v) is 22.5. The third kappa shape index (κ3) is 6.09. The number of nitrogens with one attached hydrogen (secondary N) is 1. The van der Waals surface area contributed by atoms with E-state index in [9.17, 15) is 24.5 Å². The number of carbonyl (C=O) groups excluding carboxylic acids is 3. The first-order valence-corrected chi connectivity index (χ1v) is 13.3. The summed E-state index contributed by atoms with van der Waals surface area (Å²) in [6.45, 7) is 4.04. The van der Waals surface area contributed by atoms with E-state index in [-0.39, 0.29) is 17.9 Å². The monoisotopic (exact) mass is 552 g/mol. The van der Waals surface area contributed by atoms with Crippen molar-refractivity contribution in [1.82, 2.24) is 0 Å². The predicted molar refractivity (Wildman–Crippen MR) is 144 cm³/mol. The molecule has 204 valence electrons. The summed E-state index contributed by atoms with van der Waals surface area (Å²) in [5.41, 5.74) is 1.07. The van der Waals surface area contributed by atoms with Crippen molar-refractivity contribution in [3.05, 3.63) is 85.8 Å². The van der Waals surface area contributed by atoms with Gasteiger partial charge in [-0.05, 0) is 49.8 Å². The number of nitro groups is 1. The molecule has 1 aliphatic carbocycles. The fourth-order valence-corrected chi connectivity index (χ4v) is 5.87. The zero-order valence-electron chi connectivity index (χ0n) is 21.7. The Balaban J connectivity index is 1.66. The molecule has 0 fully saturated rings. The van der Waals surface area contributed by atoms with Crippen LogP contribution in [0, 0.1) is 16.0 Å². The largest absolute Gasteiger partial charge is 0.490 e. The molecule has 4 rings (SSSR count). The molecular weight excluding hydrogens is 524 g/mol. The SMILES string of the molecule is CCOC(=O)c1c(NC(=O)[C@@H](OC(=O)c2ccc(OC)c([N+](=O)[O-])c2)c2ccccc2)sc2c1CC[C@H](C)C2. The third-order valence-corrected chi connectivity index (χ3v) is 7.57. The number of thiophene rings is 1. The molecule has 0 spiro atoms. The predicted octanol–water partition coefficient (Wildman–Crippen LogP) is 5.50. The van der Waals surface area contributed by atoms with E-state index in [0.717, 1.165) is 29.3 Å². The molecule has 1 heterocycles. The molecule has 0 saturated carbocycles. The quantitative estimate of drug-likeness (QED) is 0.209. The standard InChI is InChI=1S/C28H28N2O8S/c1-4-37-28(33)23-19-12-10-16(2)14-22(19)39-26(23)29-25(31)24(17-8-6-5-7-9-17)38-27(32)18-11-13-21(36-3)20(15-18)30(34)35/h5-9,11,13,15-16,24H,4,10,12,14H2,1-3H3,(H,29,31)/t16-,24-/m0/s1. The van der Waals surface area contributed by atoms with Crippen molar-refractivity contribution in [1.29, 1.82) is 0 Å². The number of nitrogens with zero attached hydrogens (tertiary/aromatic N) is 1. The highest BCUT2D eigenvalue weighted by atomic mass is 32.1. The molecule has 0 saturated heterocycles. The van der Waals surface area contributed by atoms with Crippen LogP contribution in [0.2, 0.25) is 0 Å². The number of anilines is 1. The van der Waals surface area contributed by atoms with Gasteiger partial charge in [-0.1, -0.05) is 37.3 Å². The van der Waals surface area contributed by atoms with Gasteiger partial charge in [-0.3, -0.25) is 14.9 Å². The molecule has 10 nitrogen and oxygen atoms in total. The van der Waals surface area contributed by atoms with E-state index in [1.54, 1.807) is 37.3 Å². The number of ether oxygens (including phenoxy) is 3. The lowest BCUT2D eigenvalue weighted by Crippen LogP contribution is -2.26. The van der Waals surface area contributed by atoms with Gasteiger partial charge in [-0.15, -0.1) is 11.3 Å². The molecule has 1 amide bonds. The lowest BCUT2D eigenvalue weighted by Gasteiger charge is -2.19. The molecule has 0 radical (unpaired) electrons. The Hall–Kier alpha value is -4.25. The van der Waals surface area contributed by atoms with Crippen LogP contribution < -0.4 is 10.1 Å². The van der Waals surface area contributed by atoms with Gasteiger partial charge in [0.15, 0.2) is 5.75 Å². The van der Waals surface area contributed by atoms with E-state index in [0.29, 0.717) is 28.5 Å². The van der Waals surface area contributed by atoms with Crippen LogP contribution in [0.5, 0.6) is 5.75 Å². The van der Waals surface area contributed by atoms with Gasteiger partial charge < -0.3 is 19.5 Å². The minimum atomic E-state index is -1.40. The first-order valence-electron chi connectivity index (χ1n) is 12.4. The number of carbonyl (C=O) groups is 3. The highest BCUT2D eigenvalue weighted by Crippen LogP contribution is 2.40. The molecular formula is C28H28N2O8S. The molecule has 0 unspecified atom stereocenters. The van der Waals surface area contributed by atoms with Gasteiger partial charge in [-0.2, -0.15) is 0 Å². The molecule has 11 heteroatoms. The van der Waals surface area contributed by atoms with Gasteiger partial charge in [0.05, 0.1) is 29.8 Å². The maximum atomic E-state index is 13.6. The Morgan fingerprint density at radius 1 is 1.15 bits per heavy atom. The number of nitro benzene ring substituents is 1. The van der Waals surface area contributed by atoms with Gasteiger partial charge in [0, 0.05) is 16.5 Å². The summed E-state index contributed by atoms with van der Waals surface area (Å²) in [7, 11) is 1.28. The van der Waals surface area contributed by atoms with Gasteiger partial charge in [0.25, 0.3) is 5.91 Å². The van der Waals surface area contributed by atoms with Gasteiger partial charge in [0.1, 0.15) is 5.00 Å². The first kappa shape index (κ1) is 27.8. The van der Waals surface area contributed by atoms with Crippen LogP contribution in [-0.4, -0.2) is 36.5 Å². The summed E-state index contributed by atoms with van der Waals surface area (Å²) in [6, 6.07) is 12.0. The summed E-state index contributed by atoms with van der Waals surface area (Å²) < 4.78 is 15.9. The molecule has 2 atom stereocenters. The zero-order chi connectivity index (χ0) is 28.1. The van der Waals surface area contributed by atoms with E-state index in [4.69, 9.17) is 14.2 Å². The highest BCUT2D eigenvalue weighted by molar-refractivity contribution is 7.17. The second-order valence-corrected chi connectivity index (χ2v) is 10.2. The number of hydrogen-bond donors (Lipinski definition) is 1. The van der Waals surface area contributed by atoms with E-state index >= 15 is 0 Å². The number of benzene rings is 2. The molecule has 3 aromatic rings. The van der Waals surface area contributed by atoms with E-state index in [2.05, 4.69) is 12.2 Å². The summed E-state index contributed by atoms with van der Waals surface area (Å²) >= 11 is 1.32. The second-order valence-electron chi connectivity index (χ2n) is 9.11. The number of fused-ring (bicyclic) bond motifs is 1. The number of rotatable bonds is 9. The normalized spacial score (nSPS) is 15.0. The molecule has 1 N–H and O–H groups in total. The number of methoxy groups -OCH3 is 1. The fraction of sp³-hybridized carbons (Fsp3) is 0.321. The molecule has 2 aromatic carbocycles. The lowest BCUT2D eigenvalue weighted by molar-refractivity contribution is -0.385. The molecule has 39 heavy (non-hydrogen) atoms. The van der Waals surface area contributed by atoms with Crippen molar-refractivity contribution in [2.45, 2.75) is 39.2 Å². The maximum absolute atomic E-state index is 13.6. The summed E-state index contributed by atoms with van der Waals surface area (Å²) in [5.74, 6) is -1.69. The number of amides is 1. The molecule has 1 aliphatic rings. The Morgan fingerprint density at radius 2 is 1.90 bits per heavy atom. The van der Waals surface area contributed by atoms with Crippen molar-refractivity contribution in [2.24, 2.45) is 5.92 Å². The third-order valence-electron chi connectivity index (χ3n) is 6.40. The van der Waals surface area contributed by atoms with Crippen molar-refractivity contribution >= 4 is 39.9 Å². The Kier molecular flexibility index (Phi) is 8.60. The van der Waals surface area contributed by atoms with Crippen LogP contribution in [0.15, 0.2) is 48.5 Å². The first-order chi connectivity index (χ1) is 18.7. The van der Waals surface area contributed by atoms with Crippen molar-refractivity contribution in [3.8, 4) is 5.75 Å². The highest BCUT2D eigenvalue weighted by Gasteiger charge is 2.32. The second kappa shape index (κ2) is 12.1. The van der Waals surface area contributed by atoms with Crippen LogP contribution in [0.1, 0.15) is 63.1 Å². The fourth-order valence-electron chi connectivity index (χ4n) is 4.47. The Bertz CT molecular complexity index is 1400. The average Bonchev–Trinajstić information content (AvgIpc) is 3.28. The van der Waals surface area contributed by atoms with Crippen LogP contribution in [0.25, 0.3) is 0 Å². The maximum Gasteiger partial charge on any atom is 0.341 e. The number of hydrogen-bond acceptors (Lipinski definition) is 9. The van der Waals surface area contributed by atoms with Crippen molar-refractivity contribution in [3.63, 3.8) is 0 Å². The summed E-state index contributed by atoms with van der Waals surface area (Å²) in [6.07, 6.45) is 1.01. The smallest absolute Gasteiger partial charge is 0.341 e. The van der Waals surface area contributed by atoms with Gasteiger partial charge >= 0.3 is 17.6 Å². The average molecular weight is 553 g/mol. The Morgan fingerprint density at radius 3 is 2.56 bits per heavy atom. The number of esters is 2. The molecule has 1 aromatic heterocycles. The van der Waals surface area contributed by atoms with E-state index < -0.39 is 34.6 Å². The van der Waals surface area contributed by atoms with Crippen LogP contribution in [-0.2, 0) is 27.1 Å². The molecule has 0 bridgehead atoms. The summed E-state index contributed by atoms with van der Waals surface area (Å²) in [4.78, 5) is 51.3. The Labute approximate surface area is 229 Å². The van der Waals surface area contributed by atoms with Gasteiger partial charge in [0.2, 0.25) is 6.10 Å². The summed E-state index contributed by atoms with van der Waals surface area (Å²) in [5, 5.41) is 14.6. The van der Waals surface area contributed by atoms with Crippen LogP contribution in [0.3, 0.4) is 0 Å². The van der Waals surface area contributed by atoms with Crippen LogP contribution >= 0.6 is 11.3 Å². The lowest BCUT2D eigenvalue weighted by atomic mass is 9.88.